The van der Waals surface area contributed by atoms with Crippen molar-refractivity contribution < 1.29 is 41.0 Å². The Morgan fingerprint density at radius 3 is 1.50 bits per heavy atom. The minimum atomic E-state index is -4.64. The van der Waals surface area contributed by atoms with Crippen molar-refractivity contribution in [2.45, 2.75) is 19.8 Å². The molecule has 0 aliphatic rings. The van der Waals surface area contributed by atoms with Crippen LogP contribution in [0.1, 0.15) is 19.8 Å². The number of unbranched alkanes of at least 4 members (excludes halogenated alkanes) is 1. The summed E-state index contributed by atoms with van der Waals surface area (Å²) >= 11 is 0. The molecule has 4 nitrogen and oxygen atoms in total. The molecule has 0 aliphatic heterocycles. The van der Waals surface area contributed by atoms with E-state index in [0.29, 0.717) is 0 Å². The van der Waals surface area contributed by atoms with Crippen LogP contribution in [0.5, 0.6) is 0 Å². The first-order valence-electron chi connectivity index (χ1n) is 2.49. The predicted molar refractivity (Wildman–Crippen MR) is 34.5 cm³/mol. The summed E-state index contributed by atoms with van der Waals surface area (Å²) in [6.45, 7) is 5.72. The average molecular weight is 203 g/mol. The molecule has 62 valence electrons. The Morgan fingerprint density at radius 1 is 1.40 bits per heavy atom. The van der Waals surface area contributed by atoms with Crippen molar-refractivity contribution in [3.05, 3.63) is 6.92 Å². The van der Waals surface area contributed by atoms with Gasteiger partial charge in [0, 0.05) is 21.7 Å². The van der Waals surface area contributed by atoms with E-state index >= 15 is 0 Å². The van der Waals surface area contributed by atoms with Crippen LogP contribution < -0.4 is 0 Å². The molecule has 0 aromatic rings. The van der Waals surface area contributed by atoms with E-state index in [-0.39, 0.29) is 21.7 Å². The van der Waals surface area contributed by atoms with Gasteiger partial charge in [0.05, 0.1) is 0 Å². The van der Waals surface area contributed by atoms with Crippen molar-refractivity contribution in [1.29, 1.82) is 0 Å². The van der Waals surface area contributed by atoms with Gasteiger partial charge in [0.25, 0.3) is 0 Å². The Hall–Kier alpha value is 0.824. The van der Waals surface area contributed by atoms with E-state index in [1.165, 1.54) is 6.42 Å². The van der Waals surface area contributed by atoms with Gasteiger partial charge in [-0.1, -0.05) is 13.3 Å². The average Bonchev–Trinajstić information content (AvgIpc) is 1.61. The number of hydrogen-bond donors (Lipinski definition) is 3. The molecule has 0 fully saturated rings. The van der Waals surface area contributed by atoms with Gasteiger partial charge in [0.1, 0.15) is 0 Å². The molecule has 0 bridgehead atoms. The number of phosphoric acid groups is 1. The zero-order valence-corrected chi connectivity index (χ0v) is 8.27. The van der Waals surface area contributed by atoms with Crippen LogP contribution in [0, 0.1) is 6.92 Å². The molecule has 0 amide bonds. The maximum absolute atomic E-state index is 8.88. The van der Waals surface area contributed by atoms with Gasteiger partial charge in [-0.3, -0.25) is 0 Å². The molecule has 0 aromatic heterocycles. The molecule has 0 saturated carbocycles. The predicted octanol–water partition coefficient (Wildman–Crippen LogP) is 0.689. The smallest absolute Gasteiger partial charge is 0.343 e. The SMILES string of the molecule is O=P(O)(O)O.[CH2-]CCC.[Ti]. The van der Waals surface area contributed by atoms with Crippen LogP contribution in [0.4, 0.5) is 0 Å². The molecule has 0 aliphatic carbocycles. The van der Waals surface area contributed by atoms with Gasteiger partial charge in [-0.05, 0) is 0 Å². The molecule has 0 spiro atoms. The quantitative estimate of drug-likeness (QED) is 0.332. The van der Waals surface area contributed by atoms with Gasteiger partial charge in [-0.25, -0.2) is 4.57 Å². The first-order chi connectivity index (χ1) is 3.91. The fourth-order valence-electron chi connectivity index (χ4n) is 0. The number of hydrogen-bond acceptors (Lipinski definition) is 1. The minimum absolute atomic E-state index is 0. The molecular formula is C4H12O4PTi-. The minimum Gasteiger partial charge on any atom is -0.343 e. The monoisotopic (exact) mass is 203 g/mol. The molecule has 0 unspecified atom stereocenters. The van der Waals surface area contributed by atoms with Crippen molar-refractivity contribution in [2.75, 3.05) is 0 Å². The topological polar surface area (TPSA) is 77.8 Å². The van der Waals surface area contributed by atoms with Gasteiger partial charge in [0.2, 0.25) is 0 Å². The molecule has 0 radical (unpaired) electrons. The summed E-state index contributed by atoms with van der Waals surface area (Å²) in [5, 5.41) is 0. The fraction of sp³-hybridized carbons (Fsp3) is 0.750. The van der Waals surface area contributed by atoms with Crippen LogP contribution >= 0.6 is 7.82 Å². The van der Waals surface area contributed by atoms with Gasteiger partial charge in [-0.2, -0.15) is 6.42 Å². The maximum atomic E-state index is 8.88. The summed E-state index contributed by atoms with van der Waals surface area (Å²) in [6.07, 6.45) is 2.28. The Balaban J connectivity index is -0.0000000910. The summed E-state index contributed by atoms with van der Waals surface area (Å²) in [5.74, 6) is 0. The van der Waals surface area contributed by atoms with Crippen LogP contribution in [-0.4, -0.2) is 14.7 Å². The van der Waals surface area contributed by atoms with Crippen LogP contribution in [-0.2, 0) is 26.3 Å². The second-order valence-electron chi connectivity index (χ2n) is 1.37. The molecule has 0 heterocycles. The largest absolute Gasteiger partial charge is 0.466 e. The fourth-order valence-corrected chi connectivity index (χ4v) is 0. The van der Waals surface area contributed by atoms with Crippen molar-refractivity contribution in [3.63, 3.8) is 0 Å². The van der Waals surface area contributed by atoms with Crippen LogP contribution in [0.2, 0.25) is 0 Å². The van der Waals surface area contributed by atoms with Crippen LogP contribution in [0.15, 0.2) is 0 Å². The van der Waals surface area contributed by atoms with Crippen molar-refractivity contribution in [2.24, 2.45) is 0 Å². The Kier molecular flexibility index (Phi) is 16.8. The normalized spacial score (nSPS) is 8.90. The van der Waals surface area contributed by atoms with E-state index in [1.54, 1.807) is 0 Å². The van der Waals surface area contributed by atoms with Crippen molar-refractivity contribution in [1.82, 2.24) is 0 Å². The van der Waals surface area contributed by atoms with E-state index in [0.717, 1.165) is 6.42 Å². The van der Waals surface area contributed by atoms with Crippen LogP contribution in [0.3, 0.4) is 0 Å². The van der Waals surface area contributed by atoms with Crippen molar-refractivity contribution >= 4 is 7.82 Å². The third kappa shape index (κ3) is 162. The van der Waals surface area contributed by atoms with Gasteiger partial charge in [-0.15, -0.1) is 0 Å². The molecule has 10 heavy (non-hydrogen) atoms. The standard InChI is InChI=1S/C4H9.H3O4P.Ti/c1-3-4-2;1-5(2,3)4;/h1,3-4H2,2H3;(H3,1,2,3,4);/q-1;;. The van der Waals surface area contributed by atoms with E-state index in [4.69, 9.17) is 19.2 Å². The molecule has 0 atom stereocenters. The van der Waals surface area contributed by atoms with E-state index < -0.39 is 7.82 Å². The third-order valence-electron chi connectivity index (χ3n) is 0.354. The van der Waals surface area contributed by atoms with Gasteiger partial charge in [0.15, 0.2) is 0 Å². The number of rotatable bonds is 1. The molecule has 0 rings (SSSR count). The summed E-state index contributed by atoms with van der Waals surface area (Å²) in [7, 11) is -4.64. The summed E-state index contributed by atoms with van der Waals surface area (Å²) in [4.78, 5) is 21.6. The Bertz CT molecular complexity index is 81.0. The van der Waals surface area contributed by atoms with Crippen LogP contribution in [0.25, 0.3) is 0 Å². The molecule has 0 saturated heterocycles. The van der Waals surface area contributed by atoms with Crippen molar-refractivity contribution in [3.8, 4) is 0 Å². The zero-order chi connectivity index (χ0) is 7.91. The van der Waals surface area contributed by atoms with E-state index in [9.17, 15) is 0 Å². The second kappa shape index (κ2) is 9.82. The molecule has 6 heteroatoms. The first-order valence-corrected chi connectivity index (χ1v) is 4.05. The molecule has 3 N–H and O–H groups in total. The third-order valence-corrected chi connectivity index (χ3v) is 0.354. The van der Waals surface area contributed by atoms with Gasteiger partial charge >= 0.3 is 7.82 Å². The second-order valence-corrected chi connectivity index (χ2v) is 2.39. The van der Waals surface area contributed by atoms with E-state index in [2.05, 4.69) is 13.8 Å². The Labute approximate surface area is 75.8 Å². The molecular weight excluding hydrogens is 191 g/mol. The summed E-state index contributed by atoms with van der Waals surface area (Å²) in [5.41, 5.74) is 0. The Morgan fingerprint density at radius 2 is 1.50 bits per heavy atom. The maximum Gasteiger partial charge on any atom is 0.466 e. The first kappa shape index (κ1) is 17.1. The summed E-state index contributed by atoms with van der Waals surface area (Å²) < 4.78 is 8.88. The summed E-state index contributed by atoms with van der Waals surface area (Å²) in [6, 6.07) is 0. The van der Waals surface area contributed by atoms with E-state index in [1.807, 2.05) is 0 Å². The zero-order valence-electron chi connectivity index (χ0n) is 5.82. The van der Waals surface area contributed by atoms with Gasteiger partial charge < -0.3 is 21.6 Å². The molecule has 0 aromatic carbocycles.